The predicted molar refractivity (Wildman–Crippen MR) is 86.0 cm³/mol. The maximum atomic E-state index is 14.9. The van der Waals surface area contributed by atoms with Crippen LogP contribution in [0.15, 0.2) is 16.3 Å². The topological polar surface area (TPSA) is 75.7 Å². The number of methoxy groups -OCH3 is 1. The molecule has 0 bridgehead atoms. The minimum atomic E-state index is -3.85. The van der Waals surface area contributed by atoms with Crippen molar-refractivity contribution in [3.05, 3.63) is 16.5 Å². The van der Waals surface area contributed by atoms with E-state index in [-0.39, 0.29) is 36.7 Å². The number of thiophene rings is 1. The van der Waals surface area contributed by atoms with Gasteiger partial charge >= 0.3 is 0 Å². The van der Waals surface area contributed by atoms with Gasteiger partial charge in [-0.25, -0.2) is 12.8 Å². The van der Waals surface area contributed by atoms with Crippen molar-refractivity contribution in [2.24, 2.45) is 0 Å². The number of sulfonamides is 1. The molecule has 1 aliphatic rings. The Balaban J connectivity index is 2.12. The molecule has 1 fully saturated rings. The molecule has 1 N–H and O–H groups in total. The summed E-state index contributed by atoms with van der Waals surface area (Å²) in [6.45, 7) is 0.115. The fraction of sp³-hybridized carbons (Fsp3) is 0.615. The Morgan fingerprint density at radius 1 is 1.57 bits per heavy atom. The van der Waals surface area contributed by atoms with Gasteiger partial charge in [-0.3, -0.25) is 4.79 Å². The van der Waals surface area contributed by atoms with E-state index in [9.17, 15) is 17.6 Å². The molecule has 1 atom stereocenters. The number of rotatable bonds is 6. The summed E-state index contributed by atoms with van der Waals surface area (Å²) >= 11 is 6.68. The van der Waals surface area contributed by atoms with Gasteiger partial charge in [-0.1, -0.05) is 11.6 Å². The molecular weight excluding hydrogens is 367 g/mol. The van der Waals surface area contributed by atoms with Crippen LogP contribution < -0.4 is 5.32 Å². The number of nitrogens with zero attached hydrogens (tertiary/aromatic N) is 1. The molecule has 1 aliphatic heterocycles. The molecule has 2 rings (SSSR count). The summed E-state index contributed by atoms with van der Waals surface area (Å²) in [5, 5.41) is 2.43. The van der Waals surface area contributed by atoms with Gasteiger partial charge in [-0.2, -0.15) is 4.31 Å². The highest BCUT2D eigenvalue weighted by atomic mass is 35.5. The number of amides is 1. The predicted octanol–water partition coefficient (Wildman–Crippen LogP) is 1.66. The molecule has 1 unspecified atom stereocenters. The summed E-state index contributed by atoms with van der Waals surface area (Å²) in [6.07, 6.45) is 0.259. The summed E-state index contributed by atoms with van der Waals surface area (Å²) in [4.78, 5) is 12.0. The molecule has 0 aliphatic carbocycles. The zero-order chi connectivity index (χ0) is 17.1. The standard InChI is InChI=1S/C13H18ClFN2O4S2/c1-21-8-6-16-12(18)13(15)5-2-7-17(9-13)23(19,20)11-4-3-10(14)22-11/h3-4H,2,5-9H2,1H3,(H,16,18). The molecule has 1 aromatic rings. The molecule has 23 heavy (non-hydrogen) atoms. The van der Waals surface area contributed by atoms with Crippen molar-refractivity contribution in [1.82, 2.24) is 9.62 Å². The van der Waals surface area contributed by atoms with Crippen LogP contribution in [0.2, 0.25) is 4.34 Å². The lowest BCUT2D eigenvalue weighted by molar-refractivity contribution is -0.135. The molecule has 0 spiro atoms. The van der Waals surface area contributed by atoms with Crippen molar-refractivity contribution in [3.8, 4) is 0 Å². The number of carbonyl (C=O) groups is 1. The number of carbonyl (C=O) groups excluding carboxylic acids is 1. The Morgan fingerprint density at radius 3 is 2.91 bits per heavy atom. The lowest BCUT2D eigenvalue weighted by atomic mass is 9.95. The van der Waals surface area contributed by atoms with Crippen molar-refractivity contribution >= 4 is 38.9 Å². The molecule has 6 nitrogen and oxygen atoms in total. The van der Waals surface area contributed by atoms with Gasteiger partial charge in [0.25, 0.3) is 15.9 Å². The SMILES string of the molecule is COCCNC(=O)C1(F)CCCN(S(=O)(=O)c2ccc(Cl)s2)C1. The Morgan fingerprint density at radius 2 is 2.30 bits per heavy atom. The fourth-order valence-electron chi connectivity index (χ4n) is 2.35. The smallest absolute Gasteiger partial charge is 0.259 e. The minimum Gasteiger partial charge on any atom is -0.383 e. The van der Waals surface area contributed by atoms with Gasteiger partial charge in [-0.05, 0) is 25.0 Å². The van der Waals surface area contributed by atoms with E-state index in [1.807, 2.05) is 0 Å². The number of piperidine rings is 1. The number of alkyl halides is 1. The van der Waals surface area contributed by atoms with Crippen LogP contribution in [0.5, 0.6) is 0 Å². The van der Waals surface area contributed by atoms with Crippen LogP contribution in [0.1, 0.15) is 12.8 Å². The normalized spacial score (nSPS) is 22.9. The van der Waals surface area contributed by atoms with E-state index in [0.29, 0.717) is 4.34 Å². The summed E-state index contributed by atoms with van der Waals surface area (Å²) in [6, 6.07) is 2.86. The van der Waals surface area contributed by atoms with E-state index >= 15 is 0 Å². The minimum absolute atomic E-state index is 0.0109. The van der Waals surface area contributed by atoms with Crippen molar-refractivity contribution in [3.63, 3.8) is 0 Å². The lowest BCUT2D eigenvalue weighted by Gasteiger charge is -2.35. The number of hydrogen-bond acceptors (Lipinski definition) is 5. The highest BCUT2D eigenvalue weighted by Gasteiger charge is 2.46. The quantitative estimate of drug-likeness (QED) is 0.757. The number of halogens is 2. The van der Waals surface area contributed by atoms with Crippen molar-refractivity contribution in [1.29, 1.82) is 0 Å². The average Bonchev–Trinajstić information content (AvgIpc) is 2.95. The highest BCUT2D eigenvalue weighted by Crippen LogP contribution is 2.33. The Bertz CT molecular complexity index is 667. The molecule has 1 amide bonds. The third-order valence-corrected chi connectivity index (χ3v) is 7.09. The first-order valence-electron chi connectivity index (χ1n) is 7.01. The van der Waals surface area contributed by atoms with E-state index in [1.165, 1.54) is 19.2 Å². The van der Waals surface area contributed by atoms with Gasteiger partial charge in [0.15, 0.2) is 0 Å². The van der Waals surface area contributed by atoms with Crippen LogP contribution >= 0.6 is 22.9 Å². The molecule has 0 radical (unpaired) electrons. The first-order chi connectivity index (χ1) is 10.8. The first-order valence-corrected chi connectivity index (χ1v) is 9.65. The molecule has 130 valence electrons. The summed E-state index contributed by atoms with van der Waals surface area (Å²) in [5.41, 5.74) is -2.24. The van der Waals surface area contributed by atoms with Crippen molar-refractivity contribution in [2.75, 3.05) is 33.4 Å². The monoisotopic (exact) mass is 384 g/mol. The molecule has 1 saturated heterocycles. The van der Waals surface area contributed by atoms with Gasteiger partial charge in [0, 0.05) is 20.2 Å². The molecular formula is C13H18ClFN2O4S2. The van der Waals surface area contributed by atoms with Gasteiger partial charge in [-0.15, -0.1) is 11.3 Å². The lowest BCUT2D eigenvalue weighted by Crippen LogP contribution is -2.55. The Labute approximate surface area is 143 Å². The van der Waals surface area contributed by atoms with Crippen molar-refractivity contribution < 1.29 is 22.3 Å². The maximum Gasteiger partial charge on any atom is 0.259 e. The second-order valence-corrected chi connectivity index (χ2v) is 9.09. The third-order valence-electron chi connectivity index (χ3n) is 3.55. The van der Waals surface area contributed by atoms with E-state index < -0.39 is 28.1 Å². The van der Waals surface area contributed by atoms with Gasteiger partial charge in [0.05, 0.1) is 17.5 Å². The fourth-order valence-corrected chi connectivity index (χ4v) is 5.51. The molecule has 2 heterocycles. The van der Waals surface area contributed by atoms with Crippen LogP contribution in [0.4, 0.5) is 4.39 Å². The first kappa shape index (κ1) is 18.6. The summed E-state index contributed by atoms with van der Waals surface area (Å²) in [5.74, 6) is -0.807. The second-order valence-electron chi connectivity index (χ2n) is 5.21. The molecule has 1 aromatic heterocycles. The number of hydrogen-bond donors (Lipinski definition) is 1. The van der Waals surface area contributed by atoms with E-state index in [4.69, 9.17) is 16.3 Å². The van der Waals surface area contributed by atoms with E-state index in [1.54, 1.807) is 0 Å². The third kappa shape index (κ3) is 4.21. The summed E-state index contributed by atoms with van der Waals surface area (Å²) in [7, 11) is -2.38. The van der Waals surface area contributed by atoms with Gasteiger partial charge < -0.3 is 10.1 Å². The molecule has 0 saturated carbocycles. The van der Waals surface area contributed by atoms with Crippen LogP contribution in [0.3, 0.4) is 0 Å². The van der Waals surface area contributed by atoms with E-state index in [0.717, 1.165) is 15.6 Å². The molecule has 0 aromatic carbocycles. The zero-order valence-electron chi connectivity index (χ0n) is 12.5. The number of nitrogens with one attached hydrogen (secondary N) is 1. The highest BCUT2D eigenvalue weighted by molar-refractivity contribution is 7.91. The molecule has 10 heteroatoms. The van der Waals surface area contributed by atoms with Gasteiger partial charge in [0.2, 0.25) is 5.67 Å². The number of ether oxygens (including phenoxy) is 1. The summed E-state index contributed by atoms with van der Waals surface area (Å²) < 4.78 is 46.2. The second kappa shape index (κ2) is 7.43. The van der Waals surface area contributed by atoms with Crippen LogP contribution in [0, 0.1) is 0 Å². The van der Waals surface area contributed by atoms with Crippen LogP contribution in [-0.4, -0.2) is 57.6 Å². The zero-order valence-corrected chi connectivity index (χ0v) is 14.9. The maximum absolute atomic E-state index is 14.9. The largest absolute Gasteiger partial charge is 0.383 e. The van der Waals surface area contributed by atoms with E-state index in [2.05, 4.69) is 5.32 Å². The van der Waals surface area contributed by atoms with Gasteiger partial charge in [0.1, 0.15) is 4.21 Å². The van der Waals surface area contributed by atoms with Crippen LogP contribution in [-0.2, 0) is 19.6 Å². The Hall–Kier alpha value is -0.740. The Kier molecular flexibility index (Phi) is 6.01. The van der Waals surface area contributed by atoms with Crippen molar-refractivity contribution in [2.45, 2.75) is 22.7 Å². The van der Waals surface area contributed by atoms with Crippen LogP contribution in [0.25, 0.3) is 0 Å². The average molecular weight is 385 g/mol.